The Morgan fingerprint density at radius 1 is 1.42 bits per heavy atom. The smallest absolute Gasteiger partial charge is 0.287 e. The van der Waals surface area contributed by atoms with Gasteiger partial charge in [-0.1, -0.05) is 29.8 Å². The first-order chi connectivity index (χ1) is 11.6. The summed E-state index contributed by atoms with van der Waals surface area (Å²) in [5, 5.41) is 8.80. The van der Waals surface area contributed by atoms with Crippen molar-refractivity contribution in [3.05, 3.63) is 69.2 Å². The minimum Gasteiger partial charge on any atom is -0.356 e. The number of halogens is 2. The maximum Gasteiger partial charge on any atom is 0.287 e. The maximum atomic E-state index is 11.9. The summed E-state index contributed by atoms with van der Waals surface area (Å²) < 4.78 is 2.42. The van der Waals surface area contributed by atoms with E-state index in [-0.39, 0.29) is 5.91 Å². The number of amides is 1. The number of nitrogens with one attached hydrogen (secondary N) is 2. The van der Waals surface area contributed by atoms with Crippen molar-refractivity contribution < 1.29 is 4.79 Å². The third-order valence-corrected chi connectivity index (χ3v) is 4.12. The van der Waals surface area contributed by atoms with E-state index in [1.807, 2.05) is 37.3 Å². The largest absolute Gasteiger partial charge is 0.356 e. The summed E-state index contributed by atoms with van der Waals surface area (Å²) in [5.74, 6) is -0.346. The number of hydrogen-bond acceptors (Lipinski definition) is 3. The summed E-state index contributed by atoms with van der Waals surface area (Å²) in [4.78, 5) is 14.7. The first-order valence-electron chi connectivity index (χ1n) is 7.04. The lowest BCUT2D eigenvalue weighted by Gasteiger charge is -2.01. The number of aromatic nitrogens is 3. The molecule has 3 aromatic rings. The number of aryl methyl sites for hydroxylation is 1. The van der Waals surface area contributed by atoms with E-state index >= 15 is 0 Å². The maximum absolute atomic E-state index is 11.9. The van der Waals surface area contributed by atoms with Crippen LogP contribution < -0.4 is 5.43 Å². The van der Waals surface area contributed by atoms with Crippen molar-refractivity contribution in [3.63, 3.8) is 0 Å². The number of H-pyrrole nitrogens is 1. The van der Waals surface area contributed by atoms with E-state index in [4.69, 9.17) is 11.6 Å². The zero-order valence-electron chi connectivity index (χ0n) is 12.6. The molecule has 0 unspecified atom stereocenters. The topological polar surface area (TPSA) is 75.1 Å². The molecule has 3 rings (SSSR count). The molecule has 0 aliphatic heterocycles. The fraction of sp³-hybridized carbons (Fsp3) is 0.0625. The number of carbonyl (C=O) groups excluding carboxylic acids is 1. The van der Waals surface area contributed by atoms with E-state index in [1.165, 1.54) is 6.21 Å². The van der Waals surface area contributed by atoms with Crippen LogP contribution in [0.2, 0.25) is 5.15 Å². The summed E-state index contributed by atoms with van der Waals surface area (Å²) in [6, 6.07) is 11.2. The van der Waals surface area contributed by atoms with Gasteiger partial charge in [-0.25, -0.2) is 10.1 Å². The van der Waals surface area contributed by atoms with Crippen molar-refractivity contribution in [1.82, 2.24) is 20.2 Å². The van der Waals surface area contributed by atoms with Crippen molar-refractivity contribution >= 4 is 39.7 Å². The molecule has 2 N–H and O–H groups in total. The highest BCUT2D eigenvalue weighted by atomic mass is 79.9. The van der Waals surface area contributed by atoms with Crippen LogP contribution in [0.25, 0.3) is 5.69 Å². The van der Waals surface area contributed by atoms with Crippen LogP contribution >= 0.6 is 27.5 Å². The molecule has 0 aliphatic rings. The second kappa shape index (κ2) is 7.02. The molecule has 2 aromatic heterocycles. The van der Waals surface area contributed by atoms with Crippen LogP contribution in [0.3, 0.4) is 0 Å². The minimum atomic E-state index is -0.346. The zero-order chi connectivity index (χ0) is 17.1. The molecule has 0 saturated heterocycles. The normalized spacial score (nSPS) is 11.1. The second-order valence-electron chi connectivity index (χ2n) is 4.97. The quantitative estimate of drug-likeness (QED) is 0.512. The number of carbonyl (C=O) groups is 1. The van der Waals surface area contributed by atoms with Gasteiger partial charge in [-0.3, -0.25) is 4.79 Å². The van der Waals surface area contributed by atoms with E-state index in [0.29, 0.717) is 22.1 Å². The lowest BCUT2D eigenvalue weighted by molar-refractivity contribution is 0.0951. The van der Waals surface area contributed by atoms with E-state index in [0.717, 1.165) is 10.2 Å². The molecule has 6 nitrogen and oxygen atoms in total. The number of hydrazone groups is 1. The van der Waals surface area contributed by atoms with Crippen molar-refractivity contribution in [2.45, 2.75) is 6.92 Å². The van der Waals surface area contributed by atoms with Gasteiger partial charge in [0.2, 0.25) is 0 Å². The highest BCUT2D eigenvalue weighted by molar-refractivity contribution is 9.10. The van der Waals surface area contributed by atoms with Crippen LogP contribution in [-0.4, -0.2) is 26.9 Å². The number of aromatic amines is 1. The standard InChI is InChI=1S/C16H13BrClN5O/c1-10-13(9-20-21-16(24)14-7-11(17)8-19-14)15(18)23(22-10)12-5-3-2-4-6-12/h2-9,19H,1H3,(H,21,24)/b20-9-. The Labute approximate surface area is 151 Å². The monoisotopic (exact) mass is 405 g/mol. The third kappa shape index (κ3) is 3.42. The molecule has 2 heterocycles. The molecular formula is C16H13BrClN5O. The number of rotatable bonds is 4. The first kappa shape index (κ1) is 16.5. The number of para-hydroxylation sites is 1. The Morgan fingerprint density at radius 3 is 2.83 bits per heavy atom. The molecule has 8 heteroatoms. The fourth-order valence-electron chi connectivity index (χ4n) is 2.11. The summed E-state index contributed by atoms with van der Waals surface area (Å²) in [7, 11) is 0. The predicted molar refractivity (Wildman–Crippen MR) is 96.9 cm³/mol. The predicted octanol–water partition coefficient (Wildman–Crippen LogP) is 3.69. The summed E-state index contributed by atoms with van der Waals surface area (Å²) in [5.41, 5.74) is 5.06. The van der Waals surface area contributed by atoms with E-state index in [1.54, 1.807) is 16.9 Å². The number of hydrogen-bond donors (Lipinski definition) is 2. The molecular weight excluding hydrogens is 394 g/mol. The van der Waals surface area contributed by atoms with Gasteiger partial charge < -0.3 is 4.98 Å². The van der Waals surface area contributed by atoms with Crippen LogP contribution in [0.1, 0.15) is 21.7 Å². The second-order valence-corrected chi connectivity index (χ2v) is 6.24. The summed E-state index contributed by atoms with van der Waals surface area (Å²) in [6.45, 7) is 1.83. The van der Waals surface area contributed by atoms with Crippen LogP contribution in [0.4, 0.5) is 0 Å². The molecule has 0 fully saturated rings. The van der Waals surface area contributed by atoms with Gasteiger partial charge in [0.05, 0.1) is 23.2 Å². The van der Waals surface area contributed by atoms with E-state index in [2.05, 4.69) is 36.5 Å². The molecule has 0 radical (unpaired) electrons. The van der Waals surface area contributed by atoms with Gasteiger partial charge in [0.15, 0.2) is 0 Å². The van der Waals surface area contributed by atoms with Crippen LogP contribution in [0.5, 0.6) is 0 Å². The zero-order valence-corrected chi connectivity index (χ0v) is 15.0. The lowest BCUT2D eigenvalue weighted by Crippen LogP contribution is -2.17. The molecule has 0 aliphatic carbocycles. The highest BCUT2D eigenvalue weighted by Crippen LogP contribution is 2.21. The van der Waals surface area contributed by atoms with Gasteiger partial charge in [-0.15, -0.1) is 0 Å². The fourth-order valence-corrected chi connectivity index (χ4v) is 2.78. The van der Waals surface area contributed by atoms with Crippen molar-refractivity contribution in [2.24, 2.45) is 5.10 Å². The van der Waals surface area contributed by atoms with Crippen LogP contribution in [0, 0.1) is 6.92 Å². The Balaban J connectivity index is 1.78. The Hall–Kier alpha value is -2.38. The molecule has 1 amide bonds. The SMILES string of the molecule is Cc1nn(-c2ccccc2)c(Cl)c1/C=N\NC(=O)c1cc(Br)c[nH]1. The van der Waals surface area contributed by atoms with E-state index in [9.17, 15) is 4.79 Å². The molecule has 1 aromatic carbocycles. The van der Waals surface area contributed by atoms with Gasteiger partial charge in [-0.2, -0.15) is 10.2 Å². The third-order valence-electron chi connectivity index (χ3n) is 3.30. The van der Waals surface area contributed by atoms with Gasteiger partial charge in [-0.05, 0) is 41.1 Å². The molecule has 0 bridgehead atoms. The summed E-state index contributed by atoms with van der Waals surface area (Å²) >= 11 is 9.66. The van der Waals surface area contributed by atoms with Gasteiger partial charge in [0, 0.05) is 10.7 Å². The van der Waals surface area contributed by atoms with Crippen molar-refractivity contribution in [1.29, 1.82) is 0 Å². The Bertz CT molecular complexity index is 901. The van der Waals surface area contributed by atoms with Crippen molar-refractivity contribution in [2.75, 3.05) is 0 Å². The molecule has 0 saturated carbocycles. The number of benzene rings is 1. The first-order valence-corrected chi connectivity index (χ1v) is 8.21. The van der Waals surface area contributed by atoms with Gasteiger partial charge >= 0.3 is 0 Å². The average molecular weight is 407 g/mol. The van der Waals surface area contributed by atoms with Crippen LogP contribution in [-0.2, 0) is 0 Å². The Kier molecular flexibility index (Phi) is 4.82. The van der Waals surface area contributed by atoms with Crippen LogP contribution in [0.15, 0.2) is 52.2 Å². The van der Waals surface area contributed by atoms with Gasteiger partial charge in [0.25, 0.3) is 5.91 Å². The van der Waals surface area contributed by atoms with Crippen molar-refractivity contribution in [3.8, 4) is 5.69 Å². The molecule has 122 valence electrons. The molecule has 0 atom stereocenters. The molecule has 24 heavy (non-hydrogen) atoms. The number of nitrogens with zero attached hydrogens (tertiary/aromatic N) is 3. The van der Waals surface area contributed by atoms with E-state index < -0.39 is 0 Å². The average Bonchev–Trinajstić information content (AvgIpc) is 3.13. The van der Waals surface area contributed by atoms with Gasteiger partial charge in [0.1, 0.15) is 10.8 Å². The summed E-state index contributed by atoms with van der Waals surface area (Å²) in [6.07, 6.45) is 3.16. The Morgan fingerprint density at radius 2 is 2.17 bits per heavy atom. The molecule has 0 spiro atoms. The minimum absolute atomic E-state index is 0.346. The lowest BCUT2D eigenvalue weighted by atomic mass is 10.3. The highest BCUT2D eigenvalue weighted by Gasteiger charge is 2.13.